The van der Waals surface area contributed by atoms with Gasteiger partial charge in [0, 0.05) is 10.3 Å². The zero-order valence-electron chi connectivity index (χ0n) is 9.39. The maximum absolute atomic E-state index is 10.2. The predicted octanol–water partition coefficient (Wildman–Crippen LogP) is 3.88. The van der Waals surface area contributed by atoms with E-state index in [2.05, 4.69) is 0 Å². The number of rotatable bonds is 4. The molecular formula is C13H13ClO2S. The molecule has 2 aromatic rings. The van der Waals surface area contributed by atoms with Crippen molar-refractivity contribution in [2.45, 2.75) is 13.0 Å². The van der Waals surface area contributed by atoms with Crippen LogP contribution in [0.3, 0.4) is 0 Å². The Bertz CT molecular complexity index is 496. The SMILES string of the molecule is CCOc1cccc(C(O)c2cc(Cl)cs2)c1. The number of thiophene rings is 1. The van der Waals surface area contributed by atoms with Crippen molar-refractivity contribution in [3.63, 3.8) is 0 Å². The highest BCUT2D eigenvalue weighted by atomic mass is 35.5. The predicted molar refractivity (Wildman–Crippen MR) is 71.0 cm³/mol. The normalized spacial score (nSPS) is 12.4. The molecule has 0 bridgehead atoms. The van der Waals surface area contributed by atoms with E-state index in [0.29, 0.717) is 11.6 Å². The summed E-state index contributed by atoms with van der Waals surface area (Å²) < 4.78 is 5.40. The number of benzene rings is 1. The number of ether oxygens (including phenoxy) is 1. The maximum Gasteiger partial charge on any atom is 0.119 e. The highest BCUT2D eigenvalue weighted by Crippen LogP contribution is 2.31. The molecule has 1 heterocycles. The Hall–Kier alpha value is -1.03. The van der Waals surface area contributed by atoms with Gasteiger partial charge in [-0.2, -0.15) is 0 Å². The molecule has 0 aliphatic rings. The number of halogens is 1. The summed E-state index contributed by atoms with van der Waals surface area (Å²) in [5.41, 5.74) is 0.814. The highest BCUT2D eigenvalue weighted by Gasteiger charge is 2.13. The summed E-state index contributed by atoms with van der Waals surface area (Å²) in [6.45, 7) is 2.55. The molecule has 0 radical (unpaired) electrons. The molecule has 0 aliphatic heterocycles. The first kappa shape index (κ1) is 12.4. The van der Waals surface area contributed by atoms with Gasteiger partial charge in [-0.3, -0.25) is 0 Å². The number of hydrogen-bond acceptors (Lipinski definition) is 3. The zero-order chi connectivity index (χ0) is 12.3. The fourth-order valence-electron chi connectivity index (χ4n) is 1.58. The van der Waals surface area contributed by atoms with Crippen LogP contribution in [-0.4, -0.2) is 11.7 Å². The fourth-order valence-corrected chi connectivity index (χ4v) is 2.67. The van der Waals surface area contributed by atoms with E-state index >= 15 is 0 Å². The van der Waals surface area contributed by atoms with E-state index < -0.39 is 6.10 Å². The van der Waals surface area contributed by atoms with Crippen LogP contribution in [-0.2, 0) is 0 Å². The summed E-state index contributed by atoms with van der Waals surface area (Å²) in [6, 6.07) is 9.26. The third kappa shape index (κ3) is 3.00. The molecule has 0 amide bonds. The summed E-state index contributed by atoms with van der Waals surface area (Å²) in [7, 11) is 0. The van der Waals surface area contributed by atoms with Gasteiger partial charge < -0.3 is 9.84 Å². The topological polar surface area (TPSA) is 29.5 Å². The first-order valence-electron chi connectivity index (χ1n) is 5.35. The standard InChI is InChI=1S/C13H13ClO2S/c1-2-16-11-5-3-4-9(6-11)13(15)12-7-10(14)8-17-12/h3-8,13,15H,2H2,1H3. The molecule has 1 N–H and O–H groups in total. The van der Waals surface area contributed by atoms with E-state index in [1.54, 1.807) is 6.07 Å². The lowest BCUT2D eigenvalue weighted by Crippen LogP contribution is -1.98. The van der Waals surface area contributed by atoms with Crippen LogP contribution >= 0.6 is 22.9 Å². The summed E-state index contributed by atoms with van der Waals surface area (Å²) in [5, 5.41) is 12.7. The first-order chi connectivity index (χ1) is 8.20. The molecule has 2 rings (SSSR count). The van der Waals surface area contributed by atoms with Crippen LogP contribution in [0.25, 0.3) is 0 Å². The molecule has 1 aromatic carbocycles. The van der Waals surface area contributed by atoms with E-state index in [9.17, 15) is 5.11 Å². The second kappa shape index (κ2) is 5.54. The molecular weight excluding hydrogens is 256 g/mol. The van der Waals surface area contributed by atoms with Gasteiger partial charge in [-0.05, 0) is 30.7 Å². The largest absolute Gasteiger partial charge is 0.494 e. The Morgan fingerprint density at radius 1 is 1.41 bits per heavy atom. The van der Waals surface area contributed by atoms with E-state index in [4.69, 9.17) is 16.3 Å². The average molecular weight is 269 g/mol. The van der Waals surface area contributed by atoms with Gasteiger partial charge in [0.25, 0.3) is 0 Å². The van der Waals surface area contributed by atoms with Crippen molar-refractivity contribution in [1.82, 2.24) is 0 Å². The third-order valence-electron chi connectivity index (χ3n) is 2.34. The van der Waals surface area contributed by atoms with E-state index in [1.165, 1.54) is 11.3 Å². The van der Waals surface area contributed by atoms with E-state index in [0.717, 1.165) is 16.2 Å². The van der Waals surface area contributed by atoms with Crippen LogP contribution < -0.4 is 4.74 Å². The monoisotopic (exact) mass is 268 g/mol. The lowest BCUT2D eigenvalue weighted by molar-refractivity contribution is 0.223. The van der Waals surface area contributed by atoms with Crippen molar-refractivity contribution in [2.75, 3.05) is 6.61 Å². The van der Waals surface area contributed by atoms with Crippen LogP contribution in [0.15, 0.2) is 35.7 Å². The fraction of sp³-hybridized carbons (Fsp3) is 0.231. The van der Waals surface area contributed by atoms with Crippen molar-refractivity contribution in [3.8, 4) is 5.75 Å². The van der Waals surface area contributed by atoms with Gasteiger partial charge in [0.15, 0.2) is 0 Å². The summed E-state index contributed by atoms with van der Waals surface area (Å²) in [4.78, 5) is 0.837. The van der Waals surface area contributed by atoms with Crippen molar-refractivity contribution >= 4 is 22.9 Å². The number of hydrogen-bond donors (Lipinski definition) is 1. The maximum atomic E-state index is 10.2. The highest BCUT2D eigenvalue weighted by molar-refractivity contribution is 7.10. The second-order valence-electron chi connectivity index (χ2n) is 3.58. The Morgan fingerprint density at radius 2 is 2.24 bits per heavy atom. The average Bonchev–Trinajstić information content (AvgIpc) is 2.76. The van der Waals surface area contributed by atoms with Crippen LogP contribution in [0.4, 0.5) is 0 Å². The molecule has 0 saturated carbocycles. The molecule has 1 atom stereocenters. The van der Waals surface area contributed by atoms with Crippen LogP contribution in [0, 0.1) is 0 Å². The van der Waals surface area contributed by atoms with Crippen molar-refractivity contribution in [2.24, 2.45) is 0 Å². The molecule has 17 heavy (non-hydrogen) atoms. The molecule has 2 nitrogen and oxygen atoms in total. The summed E-state index contributed by atoms with van der Waals surface area (Å²) in [5.74, 6) is 0.770. The molecule has 90 valence electrons. The van der Waals surface area contributed by atoms with Gasteiger partial charge in [-0.1, -0.05) is 23.7 Å². The van der Waals surface area contributed by atoms with Crippen molar-refractivity contribution < 1.29 is 9.84 Å². The van der Waals surface area contributed by atoms with Gasteiger partial charge in [0.1, 0.15) is 11.9 Å². The number of aliphatic hydroxyl groups excluding tert-OH is 1. The molecule has 0 fully saturated rings. The quantitative estimate of drug-likeness (QED) is 0.912. The second-order valence-corrected chi connectivity index (χ2v) is 4.95. The van der Waals surface area contributed by atoms with E-state index in [1.807, 2.05) is 36.6 Å². The van der Waals surface area contributed by atoms with Crippen molar-refractivity contribution in [1.29, 1.82) is 0 Å². The minimum atomic E-state index is -0.645. The van der Waals surface area contributed by atoms with Crippen LogP contribution in [0.1, 0.15) is 23.5 Å². The minimum absolute atomic E-state index is 0.615. The lowest BCUT2D eigenvalue weighted by Gasteiger charge is -2.10. The summed E-state index contributed by atoms with van der Waals surface area (Å²) >= 11 is 7.30. The Kier molecular flexibility index (Phi) is 4.05. The van der Waals surface area contributed by atoms with Gasteiger partial charge in [0.05, 0.1) is 11.6 Å². The number of aliphatic hydroxyl groups is 1. The van der Waals surface area contributed by atoms with E-state index in [-0.39, 0.29) is 0 Å². The zero-order valence-corrected chi connectivity index (χ0v) is 11.0. The summed E-state index contributed by atoms with van der Waals surface area (Å²) in [6.07, 6.45) is -0.645. The van der Waals surface area contributed by atoms with Gasteiger partial charge >= 0.3 is 0 Å². The molecule has 0 spiro atoms. The molecule has 1 unspecified atom stereocenters. The third-order valence-corrected chi connectivity index (χ3v) is 3.67. The van der Waals surface area contributed by atoms with Crippen molar-refractivity contribution in [3.05, 3.63) is 51.2 Å². The minimum Gasteiger partial charge on any atom is -0.494 e. The first-order valence-corrected chi connectivity index (χ1v) is 6.61. The Balaban J connectivity index is 2.24. The lowest BCUT2D eigenvalue weighted by atomic mass is 10.1. The Morgan fingerprint density at radius 3 is 2.88 bits per heavy atom. The van der Waals surface area contributed by atoms with Crippen LogP contribution in [0.5, 0.6) is 5.75 Å². The van der Waals surface area contributed by atoms with Gasteiger partial charge in [0.2, 0.25) is 0 Å². The smallest absolute Gasteiger partial charge is 0.119 e. The van der Waals surface area contributed by atoms with Gasteiger partial charge in [-0.15, -0.1) is 11.3 Å². The van der Waals surface area contributed by atoms with Crippen LogP contribution in [0.2, 0.25) is 5.02 Å². The molecule has 0 aliphatic carbocycles. The molecule has 1 aromatic heterocycles. The molecule has 0 saturated heterocycles. The van der Waals surface area contributed by atoms with Gasteiger partial charge in [-0.25, -0.2) is 0 Å². The molecule has 4 heteroatoms. The Labute approximate surface area is 109 Å².